The Labute approximate surface area is 141 Å². The number of hydrogen-bond acceptors (Lipinski definition) is 2. The van der Waals surface area contributed by atoms with Gasteiger partial charge < -0.3 is 11.1 Å². The Morgan fingerprint density at radius 2 is 1.90 bits per heavy atom. The van der Waals surface area contributed by atoms with Gasteiger partial charge in [-0.05, 0) is 23.8 Å². The highest BCUT2D eigenvalue weighted by atomic mass is 79.9. The van der Waals surface area contributed by atoms with Crippen LogP contribution in [-0.2, 0) is 4.79 Å². The molecule has 0 aliphatic carbocycles. The SMILES string of the molecule is NC(=S)C(C(=O)Nc1cc(Br)ccc1Cl)c1ccccc1. The van der Waals surface area contributed by atoms with Crippen LogP contribution in [0.5, 0.6) is 0 Å². The number of carbonyl (C=O) groups excluding carboxylic acids is 1. The molecule has 2 aromatic rings. The van der Waals surface area contributed by atoms with Crippen LogP contribution < -0.4 is 11.1 Å². The molecule has 3 N–H and O–H groups in total. The highest BCUT2D eigenvalue weighted by Crippen LogP contribution is 2.27. The van der Waals surface area contributed by atoms with E-state index in [1.165, 1.54) is 0 Å². The van der Waals surface area contributed by atoms with E-state index < -0.39 is 5.92 Å². The van der Waals surface area contributed by atoms with Crippen LogP contribution in [0.4, 0.5) is 5.69 Å². The molecule has 0 aliphatic rings. The molecule has 108 valence electrons. The van der Waals surface area contributed by atoms with Gasteiger partial charge >= 0.3 is 0 Å². The number of nitrogens with one attached hydrogen (secondary N) is 1. The van der Waals surface area contributed by atoms with Crippen molar-refractivity contribution in [2.45, 2.75) is 5.92 Å². The van der Waals surface area contributed by atoms with E-state index in [0.29, 0.717) is 10.7 Å². The van der Waals surface area contributed by atoms with Gasteiger partial charge in [0.25, 0.3) is 0 Å². The third-order valence-corrected chi connectivity index (χ3v) is 3.92. The van der Waals surface area contributed by atoms with Crippen molar-refractivity contribution in [3.05, 3.63) is 63.6 Å². The highest BCUT2D eigenvalue weighted by Gasteiger charge is 2.24. The Kier molecular flexibility index (Phi) is 5.33. The van der Waals surface area contributed by atoms with Crippen LogP contribution >= 0.6 is 39.7 Å². The lowest BCUT2D eigenvalue weighted by atomic mass is 9.98. The Bertz CT molecular complexity index is 679. The number of anilines is 1. The molecular weight excluding hydrogens is 372 g/mol. The van der Waals surface area contributed by atoms with E-state index >= 15 is 0 Å². The number of rotatable bonds is 4. The minimum absolute atomic E-state index is 0.116. The summed E-state index contributed by atoms with van der Waals surface area (Å²) in [5.74, 6) is -1.01. The third-order valence-electron chi connectivity index (χ3n) is 2.87. The zero-order valence-electron chi connectivity index (χ0n) is 10.8. The molecule has 1 atom stereocenters. The summed E-state index contributed by atoms with van der Waals surface area (Å²) in [6, 6.07) is 14.4. The van der Waals surface area contributed by atoms with Gasteiger partial charge in [-0.1, -0.05) is 70.1 Å². The summed E-state index contributed by atoms with van der Waals surface area (Å²) in [5.41, 5.74) is 6.97. The van der Waals surface area contributed by atoms with E-state index in [4.69, 9.17) is 29.6 Å². The van der Waals surface area contributed by atoms with Gasteiger partial charge in [0.2, 0.25) is 5.91 Å². The molecule has 0 aliphatic heterocycles. The van der Waals surface area contributed by atoms with Gasteiger partial charge in [-0.2, -0.15) is 0 Å². The van der Waals surface area contributed by atoms with Gasteiger partial charge in [0.05, 0.1) is 15.7 Å². The minimum Gasteiger partial charge on any atom is -0.392 e. The quantitative estimate of drug-likeness (QED) is 0.781. The second-order valence-electron chi connectivity index (χ2n) is 4.36. The van der Waals surface area contributed by atoms with Crippen molar-refractivity contribution in [1.29, 1.82) is 0 Å². The Balaban J connectivity index is 2.28. The highest BCUT2D eigenvalue weighted by molar-refractivity contribution is 9.10. The minimum atomic E-state index is -0.698. The molecule has 0 radical (unpaired) electrons. The lowest BCUT2D eigenvalue weighted by Gasteiger charge is -2.16. The molecule has 1 amide bonds. The maximum absolute atomic E-state index is 12.5. The van der Waals surface area contributed by atoms with Crippen molar-refractivity contribution >= 4 is 56.3 Å². The van der Waals surface area contributed by atoms with Gasteiger partial charge in [0.1, 0.15) is 5.92 Å². The average Bonchev–Trinajstić information content (AvgIpc) is 2.44. The molecule has 2 rings (SSSR count). The van der Waals surface area contributed by atoms with E-state index in [1.807, 2.05) is 30.3 Å². The first kappa shape index (κ1) is 15.9. The maximum atomic E-state index is 12.5. The number of thiocarbonyl (C=S) groups is 1. The van der Waals surface area contributed by atoms with Crippen LogP contribution in [-0.4, -0.2) is 10.9 Å². The Morgan fingerprint density at radius 1 is 1.24 bits per heavy atom. The first-order chi connectivity index (χ1) is 9.99. The molecule has 1 unspecified atom stereocenters. The van der Waals surface area contributed by atoms with Crippen LogP contribution in [0.2, 0.25) is 5.02 Å². The smallest absolute Gasteiger partial charge is 0.238 e. The summed E-state index contributed by atoms with van der Waals surface area (Å²) >= 11 is 14.4. The maximum Gasteiger partial charge on any atom is 0.238 e. The van der Waals surface area contributed by atoms with Gasteiger partial charge in [0.15, 0.2) is 0 Å². The summed E-state index contributed by atoms with van der Waals surface area (Å²) in [7, 11) is 0. The van der Waals surface area contributed by atoms with Crippen molar-refractivity contribution in [3.8, 4) is 0 Å². The number of nitrogens with two attached hydrogens (primary N) is 1. The van der Waals surface area contributed by atoms with Crippen LogP contribution in [0.3, 0.4) is 0 Å². The zero-order chi connectivity index (χ0) is 15.4. The Morgan fingerprint density at radius 3 is 2.52 bits per heavy atom. The summed E-state index contributed by atoms with van der Waals surface area (Å²) in [5, 5.41) is 3.21. The lowest BCUT2D eigenvalue weighted by Crippen LogP contribution is -2.31. The van der Waals surface area contributed by atoms with E-state index in [9.17, 15) is 4.79 Å². The zero-order valence-corrected chi connectivity index (χ0v) is 14.0. The number of carbonyl (C=O) groups is 1. The monoisotopic (exact) mass is 382 g/mol. The second-order valence-corrected chi connectivity index (χ2v) is 6.15. The number of hydrogen-bond donors (Lipinski definition) is 2. The number of benzene rings is 2. The summed E-state index contributed by atoms with van der Waals surface area (Å²) < 4.78 is 0.814. The lowest BCUT2D eigenvalue weighted by molar-refractivity contribution is -0.116. The van der Waals surface area contributed by atoms with E-state index in [-0.39, 0.29) is 10.9 Å². The molecule has 2 aromatic carbocycles. The predicted molar refractivity (Wildman–Crippen MR) is 93.8 cm³/mol. The van der Waals surface area contributed by atoms with Crippen LogP contribution in [0.1, 0.15) is 11.5 Å². The van der Waals surface area contributed by atoms with Crippen LogP contribution in [0, 0.1) is 0 Å². The molecule has 0 saturated heterocycles. The number of halogens is 2. The van der Waals surface area contributed by atoms with Crippen molar-refractivity contribution in [2.24, 2.45) is 5.73 Å². The summed E-state index contributed by atoms with van der Waals surface area (Å²) in [6.07, 6.45) is 0. The van der Waals surface area contributed by atoms with Crippen molar-refractivity contribution in [2.75, 3.05) is 5.32 Å². The standard InChI is InChI=1S/C15H12BrClN2OS/c16-10-6-7-11(17)12(8-10)19-15(20)13(14(18)21)9-4-2-1-3-5-9/h1-8,13H,(H2,18,21)(H,19,20). The summed E-state index contributed by atoms with van der Waals surface area (Å²) in [6.45, 7) is 0. The molecule has 0 spiro atoms. The fourth-order valence-corrected chi connectivity index (χ4v) is 2.66. The fraction of sp³-hybridized carbons (Fsp3) is 0.0667. The topological polar surface area (TPSA) is 55.1 Å². The first-order valence-electron chi connectivity index (χ1n) is 6.09. The largest absolute Gasteiger partial charge is 0.392 e. The van der Waals surface area contributed by atoms with Crippen molar-refractivity contribution in [1.82, 2.24) is 0 Å². The average molecular weight is 384 g/mol. The normalized spacial score (nSPS) is 11.7. The Hall–Kier alpha value is -1.43. The van der Waals surface area contributed by atoms with E-state index in [1.54, 1.807) is 18.2 Å². The summed E-state index contributed by atoms with van der Waals surface area (Å²) in [4.78, 5) is 12.6. The van der Waals surface area contributed by atoms with Crippen molar-refractivity contribution in [3.63, 3.8) is 0 Å². The fourth-order valence-electron chi connectivity index (χ4n) is 1.89. The first-order valence-corrected chi connectivity index (χ1v) is 7.67. The molecular formula is C15H12BrClN2OS. The van der Waals surface area contributed by atoms with Gasteiger partial charge in [-0.25, -0.2) is 0 Å². The second kappa shape index (κ2) is 7.02. The van der Waals surface area contributed by atoms with Gasteiger partial charge in [-0.15, -0.1) is 0 Å². The van der Waals surface area contributed by atoms with Crippen LogP contribution in [0.25, 0.3) is 0 Å². The molecule has 6 heteroatoms. The molecule has 0 saturated carbocycles. The molecule has 0 bridgehead atoms. The third kappa shape index (κ3) is 4.03. The predicted octanol–water partition coefficient (Wildman–Crippen LogP) is 4.11. The molecule has 3 nitrogen and oxygen atoms in total. The van der Waals surface area contributed by atoms with E-state index in [0.717, 1.165) is 10.0 Å². The van der Waals surface area contributed by atoms with Crippen LogP contribution in [0.15, 0.2) is 53.0 Å². The van der Waals surface area contributed by atoms with E-state index in [2.05, 4.69) is 21.2 Å². The molecule has 21 heavy (non-hydrogen) atoms. The van der Waals surface area contributed by atoms with Gasteiger partial charge in [0, 0.05) is 4.47 Å². The van der Waals surface area contributed by atoms with Gasteiger partial charge in [-0.3, -0.25) is 4.79 Å². The van der Waals surface area contributed by atoms with Crippen molar-refractivity contribution < 1.29 is 4.79 Å². The molecule has 0 aromatic heterocycles. The molecule has 0 heterocycles. The molecule has 0 fully saturated rings. The number of amides is 1.